The van der Waals surface area contributed by atoms with E-state index in [0.29, 0.717) is 6.42 Å². The molecule has 0 aliphatic rings. The van der Waals surface area contributed by atoms with E-state index in [2.05, 4.69) is 6.92 Å². The summed E-state index contributed by atoms with van der Waals surface area (Å²) >= 11 is 0.277. The van der Waals surface area contributed by atoms with E-state index < -0.39 is 5.97 Å². The molecule has 0 saturated heterocycles. The van der Waals surface area contributed by atoms with Crippen molar-refractivity contribution in [3.8, 4) is 0 Å². The van der Waals surface area contributed by atoms with Gasteiger partial charge in [0.25, 0.3) is 0 Å². The maximum atomic E-state index is 10.2. The van der Waals surface area contributed by atoms with Crippen molar-refractivity contribution >= 4 is 26.9 Å². The third-order valence-electron chi connectivity index (χ3n) is 1.82. The van der Waals surface area contributed by atoms with Crippen LogP contribution in [0.15, 0.2) is 0 Å². The molecule has 13 heavy (non-hydrogen) atoms. The van der Waals surface area contributed by atoms with Crippen molar-refractivity contribution in [3.63, 3.8) is 0 Å². The van der Waals surface area contributed by atoms with Crippen LogP contribution >= 0.6 is 0 Å². The molecule has 0 amide bonds. The van der Waals surface area contributed by atoms with Crippen molar-refractivity contribution in [2.24, 2.45) is 0 Å². The van der Waals surface area contributed by atoms with Gasteiger partial charge in [0.2, 0.25) is 0 Å². The van der Waals surface area contributed by atoms with Crippen molar-refractivity contribution in [2.75, 3.05) is 0 Å². The van der Waals surface area contributed by atoms with Crippen LogP contribution in [0.25, 0.3) is 0 Å². The minimum atomic E-state index is -0.651. The van der Waals surface area contributed by atoms with E-state index in [1.54, 1.807) is 0 Å². The fourth-order valence-electron chi connectivity index (χ4n) is 1.01. The summed E-state index contributed by atoms with van der Waals surface area (Å²) in [5.74, 6) is -0.651. The summed E-state index contributed by atoms with van der Waals surface area (Å²) < 4.78 is 2.88. The predicted molar refractivity (Wildman–Crippen MR) is 56.4 cm³/mol. The van der Waals surface area contributed by atoms with Gasteiger partial charge in [0.1, 0.15) is 0 Å². The van der Waals surface area contributed by atoms with Gasteiger partial charge in [-0.1, -0.05) is 0 Å². The zero-order valence-corrected chi connectivity index (χ0v) is 10.8. The fraction of sp³-hybridized carbons (Fsp3) is 0.900. The molecule has 0 spiro atoms. The number of rotatable bonds is 9. The van der Waals surface area contributed by atoms with Gasteiger partial charge in [-0.05, 0) is 0 Å². The summed E-state index contributed by atoms with van der Waals surface area (Å²) in [5, 5.41) is 8.39. The van der Waals surface area contributed by atoms with E-state index >= 15 is 0 Å². The summed E-state index contributed by atoms with van der Waals surface area (Å²) in [5.41, 5.74) is 0. The Kier molecular flexibility index (Phi) is 10.5. The molecule has 0 aromatic rings. The molecule has 2 nitrogen and oxygen atoms in total. The third kappa shape index (κ3) is 12.3. The monoisotopic (exact) mass is 302 g/mol. The Bertz CT molecular complexity index is 126. The Hall–Kier alpha value is 0.260. The molecule has 0 heterocycles. The summed E-state index contributed by atoms with van der Waals surface area (Å²) in [6, 6.07) is 0. The number of aliphatic carboxylic acids is 1. The molecular weight excluding hydrogens is 280 g/mol. The molecule has 0 unspecified atom stereocenters. The van der Waals surface area contributed by atoms with Crippen LogP contribution in [0.4, 0.5) is 0 Å². The summed E-state index contributed by atoms with van der Waals surface area (Å²) in [6.07, 6.45) is 6.33. The van der Waals surface area contributed by atoms with Crippen LogP contribution in [0.2, 0.25) is 8.94 Å². The zero-order valence-electron chi connectivity index (χ0n) is 8.42. The number of hydrogen-bond donors (Lipinski definition) is 1. The van der Waals surface area contributed by atoms with Crippen molar-refractivity contribution in [3.05, 3.63) is 0 Å². The van der Waals surface area contributed by atoms with Gasteiger partial charge in [-0.2, -0.15) is 0 Å². The number of carboxylic acid groups (broad SMARTS) is 1. The molecule has 1 N–H and O–H groups in total. The molecule has 0 saturated carbocycles. The van der Waals surface area contributed by atoms with E-state index in [9.17, 15) is 4.79 Å². The molecule has 78 valence electrons. The van der Waals surface area contributed by atoms with E-state index in [-0.39, 0.29) is 20.9 Å². The van der Waals surface area contributed by atoms with Crippen molar-refractivity contribution < 1.29 is 9.90 Å². The summed E-state index contributed by atoms with van der Waals surface area (Å²) in [4.78, 5) is 10.2. The number of carboxylic acids is 1. The SMILES string of the molecule is CCCC[Te]CCCCCC(=O)O. The van der Waals surface area contributed by atoms with E-state index in [1.165, 1.54) is 28.2 Å². The summed E-state index contributed by atoms with van der Waals surface area (Å²) in [6.45, 7) is 2.24. The first kappa shape index (κ1) is 13.3. The van der Waals surface area contributed by atoms with Gasteiger partial charge in [0, 0.05) is 0 Å². The second-order valence-electron chi connectivity index (χ2n) is 3.17. The molecule has 0 radical (unpaired) electrons. The van der Waals surface area contributed by atoms with E-state index in [1.807, 2.05) is 0 Å². The van der Waals surface area contributed by atoms with Crippen LogP contribution in [0.1, 0.15) is 45.4 Å². The van der Waals surface area contributed by atoms with Crippen LogP contribution in [-0.4, -0.2) is 32.0 Å². The molecule has 0 fully saturated rings. The molecule has 0 aromatic heterocycles. The number of carbonyl (C=O) groups is 1. The van der Waals surface area contributed by atoms with E-state index in [0.717, 1.165) is 12.8 Å². The first-order valence-electron chi connectivity index (χ1n) is 5.07. The molecule has 0 aliphatic carbocycles. The summed E-state index contributed by atoms with van der Waals surface area (Å²) in [7, 11) is 0. The minimum absolute atomic E-state index is 0.277. The topological polar surface area (TPSA) is 37.3 Å². The van der Waals surface area contributed by atoms with Crippen LogP contribution in [-0.2, 0) is 4.79 Å². The molecule has 0 rings (SSSR count). The average Bonchev–Trinajstić information content (AvgIpc) is 2.09. The van der Waals surface area contributed by atoms with Gasteiger partial charge in [0.15, 0.2) is 0 Å². The molecule has 0 bridgehead atoms. The van der Waals surface area contributed by atoms with Gasteiger partial charge in [-0.25, -0.2) is 0 Å². The average molecular weight is 300 g/mol. The Labute approximate surface area is 91.2 Å². The standard InChI is InChI=1S/C10H20O2Te/c1-2-3-8-13-9-6-4-5-7-10(11)12/h2-9H2,1H3,(H,11,12). The molecular formula is C10H20O2Te. The normalized spacial score (nSPS) is 10.2. The Balaban J connectivity index is 2.87. The van der Waals surface area contributed by atoms with Gasteiger partial charge in [-0.3, -0.25) is 0 Å². The second kappa shape index (κ2) is 10.3. The molecule has 0 aliphatic heterocycles. The first-order chi connectivity index (χ1) is 6.27. The van der Waals surface area contributed by atoms with Gasteiger partial charge in [-0.15, -0.1) is 0 Å². The molecule has 0 atom stereocenters. The number of hydrogen-bond acceptors (Lipinski definition) is 1. The Morgan fingerprint density at radius 1 is 1.15 bits per heavy atom. The molecule has 0 aromatic carbocycles. The van der Waals surface area contributed by atoms with Crippen molar-refractivity contribution in [1.82, 2.24) is 0 Å². The second-order valence-corrected chi connectivity index (χ2v) is 6.67. The maximum absolute atomic E-state index is 10.2. The number of unbranched alkanes of at least 4 members (excludes halogenated alkanes) is 3. The van der Waals surface area contributed by atoms with Gasteiger partial charge in [0.05, 0.1) is 0 Å². The zero-order chi connectivity index (χ0) is 9.94. The quantitative estimate of drug-likeness (QED) is 0.525. The fourth-order valence-corrected chi connectivity index (χ4v) is 4.16. The van der Waals surface area contributed by atoms with Crippen LogP contribution in [0.3, 0.4) is 0 Å². The van der Waals surface area contributed by atoms with Gasteiger partial charge < -0.3 is 0 Å². The van der Waals surface area contributed by atoms with Crippen molar-refractivity contribution in [2.45, 2.75) is 54.4 Å². The van der Waals surface area contributed by atoms with Crippen LogP contribution in [0.5, 0.6) is 0 Å². The van der Waals surface area contributed by atoms with Crippen LogP contribution < -0.4 is 0 Å². The van der Waals surface area contributed by atoms with Gasteiger partial charge >= 0.3 is 91.2 Å². The predicted octanol–water partition coefficient (Wildman–Crippen LogP) is 2.97. The Morgan fingerprint density at radius 2 is 1.85 bits per heavy atom. The van der Waals surface area contributed by atoms with Crippen molar-refractivity contribution in [1.29, 1.82) is 0 Å². The molecule has 3 heteroatoms. The van der Waals surface area contributed by atoms with E-state index in [4.69, 9.17) is 5.11 Å². The third-order valence-corrected chi connectivity index (χ3v) is 5.12. The van der Waals surface area contributed by atoms with Crippen LogP contribution in [0, 0.1) is 0 Å². The first-order valence-corrected chi connectivity index (χ1v) is 8.36. The Morgan fingerprint density at radius 3 is 2.46 bits per heavy atom.